The fourth-order valence-electron chi connectivity index (χ4n) is 1.26. The molecule has 0 radical (unpaired) electrons. The molecular formula is C12H16Cl2N2O. The summed E-state index contributed by atoms with van der Waals surface area (Å²) in [7, 11) is 0. The highest BCUT2D eigenvalue weighted by atomic mass is 35.5. The number of carbonyl (C=O) groups is 1. The Balaban J connectivity index is 2.88. The lowest BCUT2D eigenvalue weighted by molar-refractivity contribution is -0.124. The average Bonchev–Trinajstić information content (AvgIpc) is 2.31. The van der Waals surface area contributed by atoms with Gasteiger partial charge in [-0.2, -0.15) is 0 Å². The van der Waals surface area contributed by atoms with Gasteiger partial charge in [0, 0.05) is 11.6 Å². The standard InChI is InChI=1S/C12H16Cl2N2O/c1-3-12(2,7-15)11(17)16-10-5-4-8(13)6-9(10)14/h4-6H,3,7,15H2,1-2H3,(H,16,17). The molecular weight excluding hydrogens is 259 g/mol. The van der Waals surface area contributed by atoms with Gasteiger partial charge in [0.1, 0.15) is 0 Å². The van der Waals surface area contributed by atoms with Crippen molar-refractivity contribution >= 4 is 34.8 Å². The Hall–Kier alpha value is -0.770. The van der Waals surface area contributed by atoms with E-state index in [1.165, 1.54) is 0 Å². The Morgan fingerprint density at radius 2 is 2.12 bits per heavy atom. The van der Waals surface area contributed by atoms with Gasteiger partial charge in [0.2, 0.25) is 5.91 Å². The van der Waals surface area contributed by atoms with Crippen LogP contribution in [0.3, 0.4) is 0 Å². The number of hydrogen-bond acceptors (Lipinski definition) is 2. The molecule has 0 fully saturated rings. The monoisotopic (exact) mass is 274 g/mol. The molecule has 0 aliphatic heterocycles. The predicted octanol–water partition coefficient (Wildman–Crippen LogP) is 3.31. The van der Waals surface area contributed by atoms with Crippen LogP contribution in [0.25, 0.3) is 0 Å². The Kier molecular flexibility index (Phi) is 4.80. The van der Waals surface area contributed by atoms with Crippen molar-refractivity contribution < 1.29 is 4.79 Å². The molecule has 0 aliphatic rings. The first-order valence-corrected chi connectivity index (χ1v) is 6.15. The summed E-state index contributed by atoms with van der Waals surface area (Å²) in [6.07, 6.45) is 0.667. The lowest BCUT2D eigenvalue weighted by atomic mass is 9.86. The van der Waals surface area contributed by atoms with Gasteiger partial charge in [-0.05, 0) is 31.5 Å². The fourth-order valence-corrected chi connectivity index (χ4v) is 1.72. The third-order valence-electron chi connectivity index (χ3n) is 2.96. The van der Waals surface area contributed by atoms with Crippen LogP contribution in [0, 0.1) is 5.41 Å². The van der Waals surface area contributed by atoms with Crippen LogP contribution in [0.5, 0.6) is 0 Å². The molecule has 1 rings (SSSR count). The van der Waals surface area contributed by atoms with Crippen molar-refractivity contribution in [1.82, 2.24) is 0 Å². The van der Waals surface area contributed by atoms with E-state index in [-0.39, 0.29) is 5.91 Å². The average molecular weight is 275 g/mol. The molecule has 5 heteroatoms. The Labute approximate surface area is 111 Å². The molecule has 0 spiro atoms. The van der Waals surface area contributed by atoms with Crippen LogP contribution in [0.2, 0.25) is 10.0 Å². The first kappa shape index (κ1) is 14.3. The minimum atomic E-state index is -0.580. The maximum atomic E-state index is 12.1. The number of nitrogens with one attached hydrogen (secondary N) is 1. The molecule has 17 heavy (non-hydrogen) atoms. The molecule has 3 nitrogen and oxygen atoms in total. The Morgan fingerprint density at radius 1 is 1.47 bits per heavy atom. The second kappa shape index (κ2) is 5.71. The summed E-state index contributed by atoms with van der Waals surface area (Å²) in [5.41, 5.74) is 5.59. The molecule has 0 aromatic heterocycles. The van der Waals surface area contributed by atoms with Crippen LogP contribution in [-0.2, 0) is 4.79 Å². The molecule has 1 atom stereocenters. The largest absolute Gasteiger partial charge is 0.329 e. The number of halogens is 2. The number of rotatable bonds is 4. The van der Waals surface area contributed by atoms with Gasteiger partial charge in [0.25, 0.3) is 0 Å². The van der Waals surface area contributed by atoms with Gasteiger partial charge in [-0.15, -0.1) is 0 Å². The normalized spacial score (nSPS) is 14.2. The summed E-state index contributed by atoms with van der Waals surface area (Å²) in [4.78, 5) is 12.1. The van der Waals surface area contributed by atoms with Crippen molar-refractivity contribution in [3.8, 4) is 0 Å². The first-order valence-electron chi connectivity index (χ1n) is 5.39. The van der Waals surface area contributed by atoms with Gasteiger partial charge in [-0.25, -0.2) is 0 Å². The lowest BCUT2D eigenvalue weighted by Gasteiger charge is -2.25. The van der Waals surface area contributed by atoms with Crippen LogP contribution in [0.15, 0.2) is 18.2 Å². The molecule has 0 heterocycles. The van der Waals surface area contributed by atoms with Crippen molar-refractivity contribution in [2.75, 3.05) is 11.9 Å². The second-order valence-corrected chi connectivity index (χ2v) is 5.04. The lowest BCUT2D eigenvalue weighted by Crippen LogP contribution is -2.39. The summed E-state index contributed by atoms with van der Waals surface area (Å²) < 4.78 is 0. The van der Waals surface area contributed by atoms with E-state index in [0.29, 0.717) is 28.7 Å². The molecule has 0 bridgehead atoms. The van der Waals surface area contributed by atoms with E-state index in [2.05, 4.69) is 5.32 Å². The van der Waals surface area contributed by atoms with Crippen molar-refractivity contribution in [3.63, 3.8) is 0 Å². The quantitative estimate of drug-likeness (QED) is 0.885. The summed E-state index contributed by atoms with van der Waals surface area (Å²) in [5, 5.41) is 3.72. The molecule has 1 unspecified atom stereocenters. The summed E-state index contributed by atoms with van der Waals surface area (Å²) in [6.45, 7) is 4.04. The minimum Gasteiger partial charge on any atom is -0.329 e. The zero-order chi connectivity index (χ0) is 13.1. The molecule has 1 amide bonds. The number of anilines is 1. The van der Waals surface area contributed by atoms with Crippen LogP contribution < -0.4 is 11.1 Å². The van der Waals surface area contributed by atoms with E-state index in [1.807, 2.05) is 13.8 Å². The maximum absolute atomic E-state index is 12.1. The number of hydrogen-bond donors (Lipinski definition) is 2. The highest BCUT2D eigenvalue weighted by Crippen LogP contribution is 2.28. The van der Waals surface area contributed by atoms with Crippen molar-refractivity contribution in [3.05, 3.63) is 28.2 Å². The fraction of sp³-hybridized carbons (Fsp3) is 0.417. The topological polar surface area (TPSA) is 55.1 Å². The predicted molar refractivity (Wildman–Crippen MR) is 72.5 cm³/mol. The SMILES string of the molecule is CCC(C)(CN)C(=O)Nc1ccc(Cl)cc1Cl. The molecule has 1 aromatic carbocycles. The molecule has 0 saturated carbocycles. The first-order chi connectivity index (χ1) is 7.92. The summed E-state index contributed by atoms with van der Waals surface area (Å²) in [5.74, 6) is -0.133. The number of nitrogens with two attached hydrogens (primary N) is 1. The molecule has 0 aliphatic carbocycles. The van der Waals surface area contributed by atoms with E-state index in [1.54, 1.807) is 18.2 Å². The Bertz CT molecular complexity index is 417. The smallest absolute Gasteiger partial charge is 0.231 e. The third-order valence-corrected chi connectivity index (χ3v) is 3.51. The number of benzene rings is 1. The number of amides is 1. The Morgan fingerprint density at radius 3 is 2.59 bits per heavy atom. The highest BCUT2D eigenvalue weighted by Gasteiger charge is 2.29. The van der Waals surface area contributed by atoms with Gasteiger partial charge >= 0.3 is 0 Å². The zero-order valence-electron chi connectivity index (χ0n) is 9.89. The molecule has 0 saturated heterocycles. The van der Waals surface area contributed by atoms with Crippen molar-refractivity contribution in [2.24, 2.45) is 11.1 Å². The number of carbonyl (C=O) groups excluding carboxylic acids is 1. The molecule has 94 valence electrons. The van der Waals surface area contributed by atoms with E-state index in [0.717, 1.165) is 0 Å². The molecule has 1 aromatic rings. The van der Waals surface area contributed by atoms with Crippen LogP contribution >= 0.6 is 23.2 Å². The zero-order valence-corrected chi connectivity index (χ0v) is 11.4. The van der Waals surface area contributed by atoms with Gasteiger partial charge in [0.05, 0.1) is 16.1 Å². The van der Waals surface area contributed by atoms with Crippen LogP contribution in [-0.4, -0.2) is 12.5 Å². The third kappa shape index (κ3) is 3.35. The highest BCUT2D eigenvalue weighted by molar-refractivity contribution is 6.36. The van der Waals surface area contributed by atoms with E-state index in [9.17, 15) is 4.79 Å². The van der Waals surface area contributed by atoms with Crippen molar-refractivity contribution in [2.45, 2.75) is 20.3 Å². The molecule has 3 N–H and O–H groups in total. The second-order valence-electron chi connectivity index (χ2n) is 4.20. The summed E-state index contributed by atoms with van der Waals surface area (Å²) >= 11 is 11.8. The van der Waals surface area contributed by atoms with E-state index < -0.39 is 5.41 Å². The maximum Gasteiger partial charge on any atom is 0.231 e. The summed E-state index contributed by atoms with van der Waals surface area (Å²) in [6, 6.07) is 4.94. The van der Waals surface area contributed by atoms with Gasteiger partial charge in [0.15, 0.2) is 0 Å². The van der Waals surface area contributed by atoms with Gasteiger partial charge in [-0.1, -0.05) is 30.1 Å². The van der Waals surface area contributed by atoms with E-state index in [4.69, 9.17) is 28.9 Å². The van der Waals surface area contributed by atoms with Crippen LogP contribution in [0.4, 0.5) is 5.69 Å². The van der Waals surface area contributed by atoms with Crippen LogP contribution in [0.1, 0.15) is 20.3 Å². The van der Waals surface area contributed by atoms with Gasteiger partial charge < -0.3 is 11.1 Å². The van der Waals surface area contributed by atoms with E-state index >= 15 is 0 Å². The minimum absolute atomic E-state index is 0.133. The van der Waals surface area contributed by atoms with Crippen molar-refractivity contribution in [1.29, 1.82) is 0 Å². The van der Waals surface area contributed by atoms with Gasteiger partial charge in [-0.3, -0.25) is 4.79 Å².